The van der Waals surface area contributed by atoms with Gasteiger partial charge < -0.3 is 4.90 Å². The van der Waals surface area contributed by atoms with Gasteiger partial charge in [0.1, 0.15) is 11.9 Å². The van der Waals surface area contributed by atoms with Crippen LogP contribution in [-0.4, -0.2) is 64.6 Å². The molecule has 144 valence electrons. The van der Waals surface area contributed by atoms with E-state index in [0.717, 1.165) is 0 Å². The fraction of sp³-hybridized carbons (Fsp3) is 0.667. The second-order valence-corrected chi connectivity index (χ2v) is 7.80. The molecule has 10 nitrogen and oxygen atoms in total. The number of fused-ring (bicyclic) bond motifs is 1. The van der Waals surface area contributed by atoms with E-state index in [1.54, 1.807) is 9.58 Å². The van der Waals surface area contributed by atoms with Gasteiger partial charge >= 0.3 is 0 Å². The summed E-state index contributed by atoms with van der Waals surface area (Å²) < 4.78 is 29.1. The maximum absolute atomic E-state index is 13.8. The van der Waals surface area contributed by atoms with Crippen molar-refractivity contribution in [1.29, 1.82) is 0 Å². The van der Waals surface area contributed by atoms with Gasteiger partial charge in [-0.15, -0.1) is 15.3 Å². The minimum Gasteiger partial charge on any atom is -0.348 e. The Morgan fingerprint density at radius 2 is 1.96 bits per heavy atom. The normalized spacial score (nSPS) is 18.4. The number of anilines is 1. The number of H-pyrrole nitrogens is 1. The number of alkyl halides is 2. The lowest BCUT2D eigenvalue weighted by Crippen LogP contribution is -2.27. The molecule has 1 fully saturated rings. The molecule has 0 spiro atoms. The van der Waals surface area contributed by atoms with Crippen molar-refractivity contribution >= 4 is 17.0 Å². The lowest BCUT2D eigenvalue weighted by molar-refractivity contribution is 0.0257. The molecule has 0 bridgehead atoms. The summed E-state index contributed by atoms with van der Waals surface area (Å²) in [5.41, 5.74) is 0.462. The molecule has 1 aliphatic heterocycles. The third kappa shape index (κ3) is 3.08. The third-order valence-corrected chi connectivity index (χ3v) is 4.55. The van der Waals surface area contributed by atoms with Crippen LogP contribution in [0.25, 0.3) is 11.2 Å². The van der Waals surface area contributed by atoms with E-state index in [2.05, 4.69) is 40.9 Å². The number of aromatic amines is 1. The first-order valence-electron chi connectivity index (χ1n) is 8.65. The molecule has 0 aliphatic carbocycles. The second-order valence-electron chi connectivity index (χ2n) is 7.80. The average molecular weight is 378 g/mol. The molecule has 1 atom stereocenters. The Hall–Kier alpha value is -2.79. The summed E-state index contributed by atoms with van der Waals surface area (Å²) in [6, 6.07) is -0.385. The summed E-state index contributed by atoms with van der Waals surface area (Å²) in [6.45, 7) is 7.54. The monoisotopic (exact) mass is 378 g/mol. The molecule has 0 saturated carbocycles. The highest BCUT2D eigenvalue weighted by Gasteiger charge is 2.40. The van der Waals surface area contributed by atoms with Crippen LogP contribution in [0.15, 0.2) is 0 Å². The van der Waals surface area contributed by atoms with Crippen LogP contribution in [0.4, 0.5) is 14.6 Å². The van der Waals surface area contributed by atoms with E-state index in [1.165, 1.54) is 0 Å². The zero-order chi connectivity index (χ0) is 19.4. The molecule has 3 aromatic heterocycles. The number of halogens is 2. The molecule has 4 heterocycles. The van der Waals surface area contributed by atoms with Crippen LogP contribution < -0.4 is 4.90 Å². The van der Waals surface area contributed by atoms with Crippen molar-refractivity contribution in [2.45, 2.75) is 51.5 Å². The minimum absolute atomic E-state index is 0.204. The number of rotatable bonds is 3. The highest BCUT2D eigenvalue weighted by Crippen LogP contribution is 2.34. The number of tetrazole rings is 1. The Kier molecular flexibility index (Phi) is 3.82. The van der Waals surface area contributed by atoms with E-state index < -0.39 is 12.5 Å². The quantitative estimate of drug-likeness (QED) is 0.729. The van der Waals surface area contributed by atoms with Gasteiger partial charge in [0.2, 0.25) is 0 Å². The molecular formula is C15H20F2N10. The summed E-state index contributed by atoms with van der Waals surface area (Å²) in [5.74, 6) is -1.41. The average Bonchev–Trinajstić information content (AvgIpc) is 3.31. The van der Waals surface area contributed by atoms with Crippen molar-refractivity contribution in [2.75, 3.05) is 18.0 Å². The lowest BCUT2D eigenvalue weighted by atomic mass is 9.96. The van der Waals surface area contributed by atoms with E-state index in [0.29, 0.717) is 28.6 Å². The molecule has 1 saturated heterocycles. The summed E-state index contributed by atoms with van der Waals surface area (Å²) in [7, 11) is 0. The smallest absolute Gasteiger partial charge is 0.266 e. The Morgan fingerprint density at radius 3 is 2.56 bits per heavy atom. The van der Waals surface area contributed by atoms with Crippen LogP contribution >= 0.6 is 0 Å². The summed E-state index contributed by atoms with van der Waals surface area (Å²) in [5, 5.41) is 22.3. The van der Waals surface area contributed by atoms with Crippen molar-refractivity contribution in [3.05, 3.63) is 11.6 Å². The van der Waals surface area contributed by atoms with E-state index in [1.807, 2.05) is 27.7 Å². The van der Waals surface area contributed by atoms with Crippen LogP contribution in [-0.2, 0) is 5.41 Å². The molecule has 3 aromatic rings. The van der Waals surface area contributed by atoms with Crippen molar-refractivity contribution in [3.63, 3.8) is 0 Å². The number of aromatic nitrogens is 9. The summed E-state index contributed by atoms with van der Waals surface area (Å²) >= 11 is 0. The molecule has 1 unspecified atom stereocenters. The zero-order valence-corrected chi connectivity index (χ0v) is 15.5. The van der Waals surface area contributed by atoms with Crippen LogP contribution in [0.1, 0.15) is 51.8 Å². The predicted octanol–water partition coefficient (Wildman–Crippen LogP) is 1.49. The summed E-state index contributed by atoms with van der Waals surface area (Å²) in [4.78, 5) is 10.8. The molecule has 4 rings (SSSR count). The Labute approximate surface area is 153 Å². The molecule has 1 aliphatic rings. The minimum atomic E-state index is -2.74. The van der Waals surface area contributed by atoms with Crippen molar-refractivity contribution in [3.8, 4) is 0 Å². The number of hydrogen-bond acceptors (Lipinski definition) is 8. The Bertz CT molecular complexity index is 959. The fourth-order valence-electron chi connectivity index (χ4n) is 3.01. The van der Waals surface area contributed by atoms with Gasteiger partial charge in [-0.1, -0.05) is 31.2 Å². The van der Waals surface area contributed by atoms with Gasteiger partial charge in [0.25, 0.3) is 5.92 Å². The lowest BCUT2D eigenvalue weighted by Gasteiger charge is -2.22. The molecule has 1 N–H and O–H groups in total. The maximum atomic E-state index is 13.8. The van der Waals surface area contributed by atoms with Gasteiger partial charge in [-0.05, 0) is 6.92 Å². The van der Waals surface area contributed by atoms with E-state index in [-0.39, 0.29) is 24.4 Å². The Morgan fingerprint density at radius 1 is 1.19 bits per heavy atom. The number of nitrogens with zero attached hydrogens (tertiary/aromatic N) is 9. The fourth-order valence-corrected chi connectivity index (χ4v) is 3.01. The van der Waals surface area contributed by atoms with Gasteiger partial charge in [0.05, 0.1) is 6.54 Å². The number of nitrogens with one attached hydrogen (secondary N) is 1. The van der Waals surface area contributed by atoms with Crippen LogP contribution in [0, 0.1) is 0 Å². The van der Waals surface area contributed by atoms with Gasteiger partial charge in [0.15, 0.2) is 22.8 Å². The summed E-state index contributed by atoms with van der Waals surface area (Å²) in [6.07, 6.45) is -0.212. The number of hydrogen-bond donors (Lipinski definition) is 1. The largest absolute Gasteiger partial charge is 0.348 e. The van der Waals surface area contributed by atoms with Gasteiger partial charge in [-0.25, -0.2) is 23.4 Å². The first-order valence-corrected chi connectivity index (χ1v) is 8.65. The second kappa shape index (κ2) is 5.86. The molecule has 12 heteroatoms. The highest BCUT2D eigenvalue weighted by molar-refractivity contribution is 5.83. The SMILES string of the molecule is CC(c1nn[nH]n1)n1nnc2c(N3CCC(F)(F)C3)nc(C(C)(C)C)nc21. The van der Waals surface area contributed by atoms with Crippen molar-refractivity contribution < 1.29 is 8.78 Å². The van der Waals surface area contributed by atoms with Gasteiger partial charge in [0, 0.05) is 18.4 Å². The first-order chi connectivity index (χ1) is 12.7. The van der Waals surface area contributed by atoms with E-state index >= 15 is 0 Å². The van der Waals surface area contributed by atoms with Gasteiger partial charge in [-0.3, -0.25) is 0 Å². The van der Waals surface area contributed by atoms with E-state index in [4.69, 9.17) is 0 Å². The van der Waals surface area contributed by atoms with Crippen LogP contribution in [0.3, 0.4) is 0 Å². The van der Waals surface area contributed by atoms with Crippen LogP contribution in [0.5, 0.6) is 0 Å². The third-order valence-electron chi connectivity index (χ3n) is 4.55. The molecule has 0 radical (unpaired) electrons. The standard InChI is InChI=1S/C15H20F2N10/c1-8(10-21-23-24-22-10)27-12-9(20-25-27)11(18-13(19-12)14(2,3)4)26-6-5-15(16,17)7-26/h8H,5-7H2,1-4H3,(H,21,22,23,24). The molecule has 0 aromatic carbocycles. The molecule has 0 amide bonds. The molecular weight excluding hydrogens is 358 g/mol. The maximum Gasteiger partial charge on any atom is 0.266 e. The van der Waals surface area contributed by atoms with Crippen molar-refractivity contribution in [1.82, 2.24) is 45.6 Å². The van der Waals surface area contributed by atoms with Crippen LogP contribution in [0.2, 0.25) is 0 Å². The predicted molar refractivity (Wildman–Crippen MR) is 91.6 cm³/mol. The highest BCUT2D eigenvalue weighted by atomic mass is 19.3. The zero-order valence-electron chi connectivity index (χ0n) is 15.5. The molecule has 27 heavy (non-hydrogen) atoms. The van der Waals surface area contributed by atoms with E-state index in [9.17, 15) is 8.78 Å². The Balaban J connectivity index is 1.88. The van der Waals surface area contributed by atoms with Crippen molar-refractivity contribution in [2.24, 2.45) is 0 Å². The topological polar surface area (TPSA) is 114 Å². The van der Waals surface area contributed by atoms with Gasteiger partial charge in [-0.2, -0.15) is 5.21 Å². The first kappa shape index (κ1) is 17.6.